The highest BCUT2D eigenvalue weighted by atomic mass is 16.6. The van der Waals surface area contributed by atoms with Crippen LogP contribution >= 0.6 is 0 Å². The number of unbranched alkanes of at least 4 members (excludes halogenated alkanes) is 8. The highest BCUT2D eigenvalue weighted by Crippen LogP contribution is 2.29. The Morgan fingerprint density at radius 1 is 0.922 bits per heavy atom. The molecule has 0 bridgehead atoms. The van der Waals surface area contributed by atoms with Gasteiger partial charge in [-0.1, -0.05) is 75.7 Å². The summed E-state index contributed by atoms with van der Waals surface area (Å²) in [4.78, 5) is 52.8. The number of ether oxygens (including phenoxy) is 3. The first-order valence-electron chi connectivity index (χ1n) is 18.6. The number of carbonyl (C=O) groups excluding carboxylic acids is 4. The number of carbonyl (C=O) groups is 4. The average molecular weight is 713 g/mol. The molecule has 286 valence electrons. The number of benzene rings is 1. The molecule has 0 aliphatic rings. The van der Waals surface area contributed by atoms with Crippen LogP contribution in [0, 0.1) is 17.8 Å². The summed E-state index contributed by atoms with van der Waals surface area (Å²) in [6.07, 6.45) is 14.3. The van der Waals surface area contributed by atoms with Gasteiger partial charge in [0.25, 0.3) is 0 Å². The highest BCUT2D eigenvalue weighted by molar-refractivity contribution is 5.94. The predicted molar refractivity (Wildman–Crippen MR) is 201 cm³/mol. The Kier molecular flexibility index (Phi) is 22.5. The van der Waals surface area contributed by atoms with Crippen LogP contribution in [0.5, 0.6) is 5.75 Å². The minimum absolute atomic E-state index is 0.0119. The number of esters is 1. The Morgan fingerprint density at radius 3 is 2.12 bits per heavy atom. The van der Waals surface area contributed by atoms with Gasteiger partial charge in [-0.3, -0.25) is 14.4 Å². The SMILES string of the molecule is CC#CCOc1ccc(C[C@H](NC(=O)[C@@H](/C=C/CCCCCCC(=O)CCCCCCC)[C@@](O)(CCOC)C(=O)OC(C)(C)C)C(=O)NC)cc1. The van der Waals surface area contributed by atoms with Gasteiger partial charge in [-0.2, -0.15) is 0 Å². The van der Waals surface area contributed by atoms with Crippen molar-refractivity contribution >= 4 is 23.6 Å². The quantitative estimate of drug-likeness (QED) is 0.0433. The van der Waals surface area contributed by atoms with Gasteiger partial charge in [0.15, 0.2) is 5.60 Å². The van der Waals surface area contributed by atoms with Gasteiger partial charge in [-0.25, -0.2) is 4.79 Å². The summed E-state index contributed by atoms with van der Waals surface area (Å²) < 4.78 is 16.4. The molecule has 51 heavy (non-hydrogen) atoms. The number of aliphatic hydroxyl groups is 1. The minimum Gasteiger partial charge on any atom is -0.481 e. The van der Waals surface area contributed by atoms with Crippen LogP contribution < -0.4 is 15.4 Å². The topological polar surface area (TPSA) is 140 Å². The van der Waals surface area contributed by atoms with Gasteiger partial charge in [0, 0.05) is 46.4 Å². The third-order valence-electron chi connectivity index (χ3n) is 8.43. The van der Waals surface area contributed by atoms with Crippen molar-refractivity contribution < 1.29 is 38.5 Å². The zero-order valence-electron chi connectivity index (χ0n) is 32.2. The number of hydrogen-bond donors (Lipinski definition) is 3. The van der Waals surface area contributed by atoms with Gasteiger partial charge in [-0.05, 0) is 71.1 Å². The molecule has 2 amide bonds. The predicted octanol–water partition coefficient (Wildman–Crippen LogP) is 6.41. The van der Waals surface area contributed by atoms with E-state index in [2.05, 4.69) is 29.4 Å². The van der Waals surface area contributed by atoms with Crippen molar-refractivity contribution in [1.82, 2.24) is 10.6 Å². The van der Waals surface area contributed by atoms with E-state index >= 15 is 0 Å². The lowest BCUT2D eigenvalue weighted by molar-refractivity contribution is -0.185. The van der Waals surface area contributed by atoms with E-state index in [-0.39, 0.29) is 26.1 Å². The molecule has 1 rings (SSSR count). The van der Waals surface area contributed by atoms with Gasteiger partial charge < -0.3 is 30.0 Å². The maximum absolute atomic E-state index is 14.0. The Hall–Kier alpha value is -3.68. The number of ketones is 1. The summed E-state index contributed by atoms with van der Waals surface area (Å²) in [5, 5.41) is 17.3. The van der Waals surface area contributed by atoms with E-state index in [1.165, 1.54) is 39.5 Å². The fraction of sp³-hybridized carbons (Fsp3) is 0.659. The number of rotatable bonds is 26. The summed E-state index contributed by atoms with van der Waals surface area (Å²) >= 11 is 0. The monoisotopic (exact) mass is 712 g/mol. The first-order chi connectivity index (χ1) is 24.3. The van der Waals surface area contributed by atoms with Crippen molar-refractivity contribution in [1.29, 1.82) is 0 Å². The number of allylic oxidation sites excluding steroid dienone is 1. The number of nitrogens with one attached hydrogen (secondary N) is 2. The van der Waals surface area contributed by atoms with Gasteiger partial charge in [-0.15, -0.1) is 5.92 Å². The molecule has 0 aliphatic carbocycles. The summed E-state index contributed by atoms with van der Waals surface area (Å²) in [7, 11) is 2.92. The van der Waals surface area contributed by atoms with E-state index in [0.29, 0.717) is 30.8 Å². The highest BCUT2D eigenvalue weighted by Gasteiger charge is 2.49. The lowest BCUT2D eigenvalue weighted by Gasteiger charge is -2.35. The molecular weight excluding hydrogens is 648 g/mol. The third-order valence-corrected chi connectivity index (χ3v) is 8.43. The van der Waals surface area contributed by atoms with Crippen LogP contribution in [0.1, 0.15) is 124 Å². The smallest absolute Gasteiger partial charge is 0.339 e. The van der Waals surface area contributed by atoms with Crippen LogP contribution in [0.25, 0.3) is 0 Å². The minimum atomic E-state index is -2.27. The average Bonchev–Trinajstić information content (AvgIpc) is 3.09. The Labute approximate surface area is 306 Å². The number of hydrogen-bond acceptors (Lipinski definition) is 8. The molecule has 0 aliphatic heterocycles. The summed E-state index contributed by atoms with van der Waals surface area (Å²) in [5.74, 6) is 3.10. The van der Waals surface area contributed by atoms with Crippen LogP contribution in [0.4, 0.5) is 0 Å². The summed E-state index contributed by atoms with van der Waals surface area (Å²) in [5.41, 5.74) is -2.43. The molecule has 0 saturated heterocycles. The molecule has 3 N–H and O–H groups in total. The third kappa shape index (κ3) is 18.9. The van der Waals surface area contributed by atoms with E-state index in [0.717, 1.165) is 44.1 Å². The van der Waals surface area contributed by atoms with Crippen molar-refractivity contribution in [3.8, 4) is 17.6 Å². The van der Waals surface area contributed by atoms with Crippen LogP contribution in [0.3, 0.4) is 0 Å². The second kappa shape index (κ2) is 25.3. The lowest BCUT2D eigenvalue weighted by atomic mass is 9.82. The van der Waals surface area contributed by atoms with Crippen molar-refractivity contribution in [2.75, 3.05) is 27.4 Å². The van der Waals surface area contributed by atoms with Gasteiger partial charge in [0.05, 0.1) is 5.92 Å². The van der Waals surface area contributed by atoms with E-state index in [9.17, 15) is 24.3 Å². The number of methoxy groups -OCH3 is 1. The fourth-order valence-corrected chi connectivity index (χ4v) is 5.49. The molecule has 1 aromatic carbocycles. The number of Topliss-reactive ketones (excluding diaryl/α,β-unsaturated/α-hetero) is 1. The first kappa shape index (κ1) is 45.3. The molecular formula is C41H64N2O8. The van der Waals surface area contributed by atoms with Crippen LogP contribution in [-0.2, 0) is 35.1 Å². The molecule has 3 atom stereocenters. The van der Waals surface area contributed by atoms with Crippen LogP contribution in [-0.4, -0.2) is 73.3 Å². The first-order valence-corrected chi connectivity index (χ1v) is 18.6. The Bertz CT molecular complexity index is 1280. The van der Waals surface area contributed by atoms with Crippen molar-refractivity contribution in [2.45, 2.75) is 142 Å². The fourth-order valence-electron chi connectivity index (χ4n) is 5.49. The number of likely N-dealkylation sites (N-methyl/N-ethyl adjacent to an activating group) is 1. The van der Waals surface area contributed by atoms with E-state index in [4.69, 9.17) is 14.2 Å². The zero-order valence-corrected chi connectivity index (χ0v) is 32.2. The molecule has 10 nitrogen and oxygen atoms in total. The van der Waals surface area contributed by atoms with Crippen molar-refractivity contribution in [3.63, 3.8) is 0 Å². The maximum Gasteiger partial charge on any atom is 0.339 e. The molecule has 0 spiro atoms. The second-order valence-electron chi connectivity index (χ2n) is 14.0. The van der Waals surface area contributed by atoms with Crippen molar-refractivity contribution in [3.05, 3.63) is 42.0 Å². The zero-order chi connectivity index (χ0) is 38.1. The largest absolute Gasteiger partial charge is 0.481 e. The molecule has 0 radical (unpaired) electrons. The molecule has 0 fully saturated rings. The van der Waals surface area contributed by atoms with Crippen LogP contribution in [0.15, 0.2) is 36.4 Å². The van der Waals surface area contributed by atoms with E-state index < -0.39 is 40.9 Å². The lowest BCUT2D eigenvalue weighted by Crippen LogP contribution is -2.57. The molecule has 10 heteroatoms. The standard InChI is InChI=1S/C41H64N2O8/c1-8-10-12-15-18-21-33(44)22-19-16-13-14-17-20-23-35(41(48,28-30-49-7)39(47)51-40(3,4)5)37(45)43-36(38(46)42-6)31-32-24-26-34(27-25-32)50-29-11-9-2/h20,23-27,35-36,48H,8,10,12-19,21-22,28-31H2,1-7H3,(H,42,46)(H,43,45)/b23-20+/t35-,36+,41+/m1/s1. The van der Waals surface area contributed by atoms with E-state index in [1.807, 2.05) is 0 Å². The maximum atomic E-state index is 14.0. The summed E-state index contributed by atoms with van der Waals surface area (Å²) in [6, 6.07) is 6.13. The molecule has 0 unspecified atom stereocenters. The van der Waals surface area contributed by atoms with Crippen LogP contribution in [0.2, 0.25) is 0 Å². The van der Waals surface area contributed by atoms with E-state index in [1.54, 1.807) is 58.0 Å². The molecule has 1 aromatic rings. The summed E-state index contributed by atoms with van der Waals surface area (Å²) in [6.45, 7) is 9.21. The number of amides is 2. The normalized spacial score (nSPS) is 13.7. The molecule has 0 aromatic heterocycles. The Balaban J connectivity index is 3.08. The van der Waals surface area contributed by atoms with Crippen molar-refractivity contribution in [2.24, 2.45) is 5.92 Å². The second-order valence-corrected chi connectivity index (χ2v) is 14.0. The van der Waals surface area contributed by atoms with Gasteiger partial charge in [0.1, 0.15) is 29.8 Å². The molecule has 0 saturated carbocycles. The Morgan fingerprint density at radius 2 is 1.55 bits per heavy atom. The van der Waals surface area contributed by atoms with Gasteiger partial charge >= 0.3 is 5.97 Å². The van der Waals surface area contributed by atoms with Gasteiger partial charge in [0.2, 0.25) is 11.8 Å². The molecule has 0 heterocycles.